The Kier molecular flexibility index (Phi) is 7.43. The molecule has 0 bridgehead atoms. The van der Waals surface area contributed by atoms with E-state index in [0.29, 0.717) is 22.9 Å². The molecule has 0 saturated carbocycles. The van der Waals surface area contributed by atoms with Crippen LogP contribution in [-0.2, 0) is 4.79 Å². The number of carbonyl (C=O) groups excluding carboxylic acids is 2. The van der Waals surface area contributed by atoms with Crippen LogP contribution in [0.1, 0.15) is 37.0 Å². The second-order valence-corrected chi connectivity index (χ2v) is 9.56. The molecule has 1 fully saturated rings. The van der Waals surface area contributed by atoms with Crippen molar-refractivity contribution < 1.29 is 41.0 Å². The van der Waals surface area contributed by atoms with Crippen LogP contribution < -0.4 is 15.6 Å². The van der Waals surface area contributed by atoms with Gasteiger partial charge in [-0.1, -0.05) is 13.8 Å². The number of aliphatic hydroxyl groups is 1. The number of carbonyl (C=O) groups is 2. The van der Waals surface area contributed by atoms with Crippen LogP contribution in [0, 0.1) is 23.4 Å². The van der Waals surface area contributed by atoms with E-state index in [-0.39, 0.29) is 18.8 Å². The Bertz CT molecular complexity index is 1500. The van der Waals surface area contributed by atoms with E-state index in [1.54, 1.807) is 5.32 Å². The van der Waals surface area contributed by atoms with Gasteiger partial charge >= 0.3 is 6.18 Å². The standard InChI is InChI=1S/C25H22F6N4O4/c1-11(2)5-18(25(29,30)31)32-24(39)15-10-35(21-16(27)6-12(26)7-17(21)28)23-14(22(15)38)3-4-19(33-23)34-9-13(36)8-20(34)37/h3-4,6-7,10-11,13,18,36H,5,8-9H2,1-2H3,(H,32,39). The van der Waals surface area contributed by atoms with Crippen molar-refractivity contribution in [2.45, 2.75) is 45.0 Å². The summed E-state index contributed by atoms with van der Waals surface area (Å²) in [5.74, 6) is -6.77. The Morgan fingerprint density at radius 2 is 1.79 bits per heavy atom. The number of alkyl halides is 3. The monoisotopic (exact) mass is 556 g/mol. The summed E-state index contributed by atoms with van der Waals surface area (Å²) in [5, 5.41) is 11.1. The zero-order valence-electron chi connectivity index (χ0n) is 20.5. The molecular formula is C25H22F6N4O4. The molecule has 1 aromatic carbocycles. The molecule has 2 N–H and O–H groups in total. The summed E-state index contributed by atoms with van der Waals surface area (Å²) in [5.41, 5.74) is -3.42. The number of nitrogens with one attached hydrogen (secondary N) is 1. The molecule has 0 radical (unpaired) electrons. The van der Waals surface area contributed by atoms with Gasteiger partial charge in [0.05, 0.1) is 24.5 Å². The molecule has 2 aromatic heterocycles. The molecule has 2 atom stereocenters. The molecular weight excluding hydrogens is 534 g/mol. The highest BCUT2D eigenvalue weighted by Gasteiger charge is 2.41. The minimum atomic E-state index is -4.85. The van der Waals surface area contributed by atoms with Crippen LogP contribution in [0.25, 0.3) is 16.7 Å². The highest BCUT2D eigenvalue weighted by molar-refractivity contribution is 5.99. The maximum atomic E-state index is 14.8. The highest BCUT2D eigenvalue weighted by Crippen LogP contribution is 2.28. The molecule has 3 aromatic rings. The molecule has 2 unspecified atom stereocenters. The molecule has 2 amide bonds. The largest absolute Gasteiger partial charge is 0.408 e. The van der Waals surface area contributed by atoms with E-state index in [4.69, 9.17) is 0 Å². The number of amides is 2. The number of anilines is 1. The number of fused-ring (bicyclic) bond motifs is 1. The Balaban J connectivity index is 1.94. The zero-order valence-corrected chi connectivity index (χ0v) is 20.5. The van der Waals surface area contributed by atoms with E-state index in [2.05, 4.69) is 4.98 Å². The summed E-state index contributed by atoms with van der Waals surface area (Å²) in [6.45, 7) is 2.85. The van der Waals surface area contributed by atoms with Crippen molar-refractivity contribution in [2.24, 2.45) is 5.92 Å². The zero-order chi connectivity index (χ0) is 28.8. The molecule has 8 nitrogen and oxygen atoms in total. The Morgan fingerprint density at radius 3 is 2.33 bits per heavy atom. The molecule has 208 valence electrons. The van der Waals surface area contributed by atoms with Crippen molar-refractivity contribution in [3.05, 3.63) is 63.7 Å². The van der Waals surface area contributed by atoms with Gasteiger partial charge in [-0.15, -0.1) is 0 Å². The lowest BCUT2D eigenvalue weighted by molar-refractivity contribution is -0.156. The molecule has 3 heterocycles. The second-order valence-electron chi connectivity index (χ2n) is 9.56. The molecule has 0 spiro atoms. The maximum Gasteiger partial charge on any atom is 0.408 e. The van der Waals surface area contributed by atoms with E-state index >= 15 is 0 Å². The number of halogens is 6. The van der Waals surface area contributed by atoms with Crippen LogP contribution in [0.2, 0.25) is 0 Å². The number of nitrogens with zero attached hydrogens (tertiary/aromatic N) is 3. The fourth-order valence-electron chi connectivity index (χ4n) is 4.33. The molecule has 39 heavy (non-hydrogen) atoms. The first-order valence-corrected chi connectivity index (χ1v) is 11.7. The van der Waals surface area contributed by atoms with Crippen molar-refractivity contribution in [1.29, 1.82) is 0 Å². The number of pyridine rings is 2. The van der Waals surface area contributed by atoms with Gasteiger partial charge in [0.25, 0.3) is 5.91 Å². The lowest BCUT2D eigenvalue weighted by Gasteiger charge is -2.23. The van der Waals surface area contributed by atoms with E-state index < -0.39 is 87.6 Å². The van der Waals surface area contributed by atoms with Gasteiger partial charge in [-0.05, 0) is 24.5 Å². The topological polar surface area (TPSA) is 105 Å². The summed E-state index contributed by atoms with van der Waals surface area (Å²) < 4.78 is 84.6. The summed E-state index contributed by atoms with van der Waals surface area (Å²) in [6.07, 6.45) is -5.97. The number of rotatable bonds is 6. The summed E-state index contributed by atoms with van der Waals surface area (Å²) in [7, 11) is 0. The molecule has 4 rings (SSSR count). The molecule has 1 aliphatic heterocycles. The van der Waals surface area contributed by atoms with Gasteiger partial charge in [-0.2, -0.15) is 13.2 Å². The quantitative estimate of drug-likeness (QED) is 0.452. The third kappa shape index (κ3) is 5.60. The van der Waals surface area contributed by atoms with Crippen LogP contribution in [0.5, 0.6) is 0 Å². The Labute approximate surface area is 216 Å². The number of benzene rings is 1. The van der Waals surface area contributed by atoms with E-state index in [9.17, 15) is 45.8 Å². The van der Waals surface area contributed by atoms with Gasteiger partial charge < -0.3 is 10.4 Å². The van der Waals surface area contributed by atoms with Gasteiger partial charge in [0.2, 0.25) is 11.3 Å². The lowest BCUT2D eigenvalue weighted by Crippen LogP contribution is -2.47. The van der Waals surface area contributed by atoms with Gasteiger partial charge in [0.15, 0.2) is 17.3 Å². The third-order valence-corrected chi connectivity index (χ3v) is 6.09. The predicted molar refractivity (Wildman–Crippen MR) is 127 cm³/mol. The normalized spacial score (nSPS) is 16.8. The van der Waals surface area contributed by atoms with E-state index in [1.165, 1.54) is 19.9 Å². The van der Waals surface area contributed by atoms with Gasteiger partial charge in [-0.3, -0.25) is 23.9 Å². The maximum absolute atomic E-state index is 14.8. The summed E-state index contributed by atoms with van der Waals surface area (Å²) in [6, 6.07) is 0.602. The van der Waals surface area contributed by atoms with Gasteiger partial charge in [-0.25, -0.2) is 18.2 Å². The SMILES string of the molecule is CC(C)CC(NC(=O)c1cn(-c2c(F)cc(F)cc2F)c2nc(N3CC(O)CC3=O)ccc2c1=O)C(F)(F)F. The molecule has 0 aliphatic carbocycles. The average molecular weight is 556 g/mol. The van der Waals surface area contributed by atoms with Crippen molar-refractivity contribution in [3.8, 4) is 5.69 Å². The minimum absolute atomic E-state index is 0.105. The first-order chi connectivity index (χ1) is 18.2. The smallest absolute Gasteiger partial charge is 0.391 e. The van der Waals surface area contributed by atoms with E-state index in [0.717, 1.165) is 11.0 Å². The van der Waals surface area contributed by atoms with Crippen LogP contribution in [0.15, 0.2) is 35.3 Å². The predicted octanol–water partition coefficient (Wildman–Crippen LogP) is 3.61. The number of aliphatic hydroxyl groups excluding tert-OH is 1. The van der Waals surface area contributed by atoms with Gasteiger partial charge in [0, 0.05) is 18.3 Å². The average Bonchev–Trinajstić information content (AvgIpc) is 3.16. The second kappa shape index (κ2) is 10.3. The Morgan fingerprint density at radius 1 is 1.15 bits per heavy atom. The minimum Gasteiger partial charge on any atom is -0.391 e. The number of aromatic nitrogens is 2. The van der Waals surface area contributed by atoms with Crippen molar-refractivity contribution in [3.63, 3.8) is 0 Å². The van der Waals surface area contributed by atoms with Crippen molar-refractivity contribution in [2.75, 3.05) is 11.4 Å². The van der Waals surface area contributed by atoms with Crippen LogP contribution in [-0.4, -0.2) is 51.3 Å². The summed E-state index contributed by atoms with van der Waals surface area (Å²) in [4.78, 5) is 43.6. The van der Waals surface area contributed by atoms with Crippen molar-refractivity contribution >= 4 is 28.7 Å². The number of β-amino-alcohol motifs (C(OH)–C–C–N with tert-alkyl or cyclic N) is 1. The van der Waals surface area contributed by atoms with Crippen molar-refractivity contribution in [1.82, 2.24) is 14.9 Å². The number of hydrogen-bond acceptors (Lipinski definition) is 5. The molecule has 1 saturated heterocycles. The van der Waals surface area contributed by atoms with Gasteiger partial charge in [0.1, 0.15) is 28.9 Å². The highest BCUT2D eigenvalue weighted by atomic mass is 19.4. The fraction of sp³-hybridized carbons (Fsp3) is 0.360. The van der Waals surface area contributed by atoms with Crippen LogP contribution >= 0.6 is 0 Å². The fourth-order valence-corrected chi connectivity index (χ4v) is 4.33. The molecule has 1 aliphatic rings. The number of hydrogen-bond donors (Lipinski definition) is 2. The van der Waals surface area contributed by atoms with Crippen LogP contribution in [0.4, 0.5) is 32.2 Å². The van der Waals surface area contributed by atoms with Crippen LogP contribution in [0.3, 0.4) is 0 Å². The van der Waals surface area contributed by atoms with E-state index in [1.807, 2.05) is 0 Å². The first kappa shape index (κ1) is 28.1. The molecule has 14 heteroatoms. The lowest BCUT2D eigenvalue weighted by atomic mass is 10.0. The Hall–Kier alpha value is -3.94. The first-order valence-electron chi connectivity index (χ1n) is 11.7. The third-order valence-electron chi connectivity index (χ3n) is 6.09. The summed E-state index contributed by atoms with van der Waals surface area (Å²) >= 11 is 0.